The summed E-state index contributed by atoms with van der Waals surface area (Å²) in [6, 6.07) is 4.13. The standard InChI is InChI=1S/C14H21NO2S/c1-10(11-5-3-2-4-6-11)15-9-12-7-8-13(18-12)14(16)17/h7-8,10-11,15H,2-6,9H2,1H3,(H,16,17)/t10-/m0/s1. The molecule has 1 fully saturated rings. The Morgan fingerprint density at radius 3 is 2.78 bits per heavy atom. The average molecular weight is 267 g/mol. The van der Waals surface area contributed by atoms with Crippen LogP contribution in [0.4, 0.5) is 0 Å². The predicted octanol–water partition coefficient (Wildman–Crippen LogP) is 3.50. The second-order valence-electron chi connectivity index (χ2n) is 5.14. The number of carboxylic acid groups (broad SMARTS) is 1. The fourth-order valence-corrected chi connectivity index (χ4v) is 3.45. The van der Waals surface area contributed by atoms with E-state index in [4.69, 9.17) is 5.11 Å². The summed E-state index contributed by atoms with van der Waals surface area (Å²) < 4.78 is 0. The lowest BCUT2D eigenvalue weighted by molar-refractivity contribution is 0.0702. The Labute approximate surface area is 112 Å². The van der Waals surface area contributed by atoms with Gasteiger partial charge in [0.1, 0.15) is 4.88 Å². The van der Waals surface area contributed by atoms with Gasteiger partial charge in [0.15, 0.2) is 0 Å². The van der Waals surface area contributed by atoms with E-state index in [2.05, 4.69) is 12.2 Å². The molecule has 0 aromatic carbocycles. The van der Waals surface area contributed by atoms with Crippen LogP contribution in [0.15, 0.2) is 12.1 Å². The highest BCUT2D eigenvalue weighted by molar-refractivity contribution is 7.13. The zero-order valence-corrected chi connectivity index (χ0v) is 11.6. The molecule has 1 aromatic heterocycles. The largest absolute Gasteiger partial charge is 0.477 e. The van der Waals surface area contributed by atoms with Crippen LogP contribution in [0.1, 0.15) is 53.6 Å². The fourth-order valence-electron chi connectivity index (χ4n) is 2.65. The highest BCUT2D eigenvalue weighted by Crippen LogP contribution is 2.26. The van der Waals surface area contributed by atoms with Crippen LogP contribution in [0, 0.1) is 5.92 Å². The lowest BCUT2D eigenvalue weighted by Crippen LogP contribution is -2.33. The van der Waals surface area contributed by atoms with Crippen molar-refractivity contribution in [1.82, 2.24) is 5.32 Å². The summed E-state index contributed by atoms with van der Waals surface area (Å²) in [7, 11) is 0. The molecule has 0 radical (unpaired) electrons. The van der Waals surface area contributed by atoms with Crippen molar-refractivity contribution in [3.8, 4) is 0 Å². The molecule has 0 saturated heterocycles. The van der Waals surface area contributed by atoms with E-state index in [0.717, 1.165) is 17.3 Å². The lowest BCUT2D eigenvalue weighted by Gasteiger charge is -2.28. The van der Waals surface area contributed by atoms with E-state index in [1.807, 2.05) is 6.07 Å². The van der Waals surface area contributed by atoms with Crippen LogP contribution in [-0.2, 0) is 6.54 Å². The van der Waals surface area contributed by atoms with E-state index in [0.29, 0.717) is 10.9 Å². The topological polar surface area (TPSA) is 49.3 Å². The van der Waals surface area contributed by atoms with E-state index in [1.54, 1.807) is 6.07 Å². The number of hydrogen-bond donors (Lipinski definition) is 2. The SMILES string of the molecule is C[C@H](NCc1ccc(C(=O)O)s1)C1CCCCC1. The summed E-state index contributed by atoms with van der Waals surface area (Å²) in [6.07, 6.45) is 6.77. The van der Waals surface area contributed by atoms with E-state index >= 15 is 0 Å². The molecule has 0 spiro atoms. The predicted molar refractivity (Wildman–Crippen MR) is 74.2 cm³/mol. The maximum atomic E-state index is 10.8. The Morgan fingerprint density at radius 2 is 2.17 bits per heavy atom. The molecule has 0 bridgehead atoms. The summed E-state index contributed by atoms with van der Waals surface area (Å²) in [5.74, 6) is -0.0377. The number of aromatic carboxylic acids is 1. The van der Waals surface area contributed by atoms with Crippen molar-refractivity contribution in [2.24, 2.45) is 5.92 Å². The first-order valence-electron chi connectivity index (χ1n) is 6.72. The van der Waals surface area contributed by atoms with Crippen molar-refractivity contribution in [3.05, 3.63) is 21.9 Å². The van der Waals surface area contributed by atoms with Crippen LogP contribution in [0.5, 0.6) is 0 Å². The van der Waals surface area contributed by atoms with E-state index in [9.17, 15) is 4.79 Å². The molecule has 100 valence electrons. The van der Waals surface area contributed by atoms with Crippen LogP contribution >= 0.6 is 11.3 Å². The molecule has 1 aliphatic carbocycles. The molecule has 1 atom stereocenters. The molecule has 0 aliphatic heterocycles. The van der Waals surface area contributed by atoms with Crippen molar-refractivity contribution in [2.45, 2.75) is 51.6 Å². The van der Waals surface area contributed by atoms with Crippen LogP contribution in [-0.4, -0.2) is 17.1 Å². The molecule has 2 rings (SSSR count). The molecule has 3 nitrogen and oxygen atoms in total. The number of rotatable bonds is 5. The minimum absolute atomic E-state index is 0.428. The van der Waals surface area contributed by atoms with Crippen molar-refractivity contribution in [3.63, 3.8) is 0 Å². The molecule has 4 heteroatoms. The quantitative estimate of drug-likeness (QED) is 0.858. The van der Waals surface area contributed by atoms with Gasteiger partial charge in [-0.3, -0.25) is 0 Å². The Bertz CT molecular complexity index is 396. The van der Waals surface area contributed by atoms with Gasteiger partial charge in [0.2, 0.25) is 0 Å². The van der Waals surface area contributed by atoms with Crippen molar-refractivity contribution in [1.29, 1.82) is 0 Å². The number of carbonyl (C=O) groups is 1. The third kappa shape index (κ3) is 3.56. The number of carboxylic acids is 1. The zero-order chi connectivity index (χ0) is 13.0. The highest BCUT2D eigenvalue weighted by atomic mass is 32.1. The molecular weight excluding hydrogens is 246 g/mol. The van der Waals surface area contributed by atoms with Gasteiger partial charge in [-0.25, -0.2) is 4.79 Å². The monoisotopic (exact) mass is 267 g/mol. The maximum Gasteiger partial charge on any atom is 0.345 e. The Hall–Kier alpha value is -0.870. The molecule has 2 N–H and O–H groups in total. The third-order valence-electron chi connectivity index (χ3n) is 3.83. The van der Waals surface area contributed by atoms with Gasteiger partial charge in [-0.2, -0.15) is 0 Å². The summed E-state index contributed by atoms with van der Waals surface area (Å²) in [4.78, 5) is 12.3. The van der Waals surface area contributed by atoms with Gasteiger partial charge < -0.3 is 10.4 Å². The van der Waals surface area contributed by atoms with E-state index in [-0.39, 0.29) is 0 Å². The molecule has 1 aliphatic rings. The number of hydrogen-bond acceptors (Lipinski definition) is 3. The van der Waals surface area contributed by atoms with Gasteiger partial charge >= 0.3 is 5.97 Å². The highest BCUT2D eigenvalue weighted by Gasteiger charge is 2.19. The minimum atomic E-state index is -0.827. The van der Waals surface area contributed by atoms with Gasteiger partial charge in [-0.15, -0.1) is 11.3 Å². The molecule has 18 heavy (non-hydrogen) atoms. The van der Waals surface area contributed by atoms with Gasteiger partial charge in [0.25, 0.3) is 0 Å². The Kier molecular flexibility index (Phi) is 4.78. The molecule has 0 unspecified atom stereocenters. The second-order valence-corrected chi connectivity index (χ2v) is 6.31. The molecule has 1 aromatic rings. The Morgan fingerprint density at radius 1 is 1.44 bits per heavy atom. The lowest BCUT2D eigenvalue weighted by atomic mass is 9.84. The van der Waals surface area contributed by atoms with Crippen molar-refractivity contribution in [2.75, 3.05) is 0 Å². The van der Waals surface area contributed by atoms with E-state index < -0.39 is 5.97 Å². The normalized spacial score (nSPS) is 18.7. The van der Waals surface area contributed by atoms with Crippen LogP contribution in [0.25, 0.3) is 0 Å². The van der Waals surface area contributed by atoms with Crippen LogP contribution in [0.3, 0.4) is 0 Å². The van der Waals surface area contributed by atoms with Gasteiger partial charge in [0.05, 0.1) is 0 Å². The van der Waals surface area contributed by atoms with Crippen molar-refractivity contribution >= 4 is 17.3 Å². The third-order valence-corrected chi connectivity index (χ3v) is 4.90. The molecular formula is C14H21NO2S. The number of thiophene rings is 1. The van der Waals surface area contributed by atoms with E-state index in [1.165, 1.54) is 43.4 Å². The number of nitrogens with one attached hydrogen (secondary N) is 1. The summed E-state index contributed by atoms with van der Waals surface area (Å²) in [5, 5.41) is 12.4. The van der Waals surface area contributed by atoms with Crippen LogP contribution in [0.2, 0.25) is 0 Å². The first kappa shape index (κ1) is 13.6. The second kappa shape index (κ2) is 6.34. The van der Waals surface area contributed by atoms with Crippen molar-refractivity contribution < 1.29 is 9.90 Å². The summed E-state index contributed by atoms with van der Waals surface area (Å²) >= 11 is 1.37. The fraction of sp³-hybridized carbons (Fsp3) is 0.643. The molecule has 1 heterocycles. The molecule has 0 amide bonds. The van der Waals surface area contributed by atoms with Gasteiger partial charge in [-0.1, -0.05) is 19.3 Å². The maximum absolute atomic E-state index is 10.8. The molecule has 1 saturated carbocycles. The average Bonchev–Trinajstić information content (AvgIpc) is 2.86. The van der Waals surface area contributed by atoms with Gasteiger partial charge in [0, 0.05) is 17.5 Å². The summed E-state index contributed by atoms with van der Waals surface area (Å²) in [6.45, 7) is 3.04. The van der Waals surface area contributed by atoms with Crippen LogP contribution < -0.4 is 5.32 Å². The first-order chi connectivity index (χ1) is 8.66. The zero-order valence-electron chi connectivity index (χ0n) is 10.8. The minimum Gasteiger partial charge on any atom is -0.477 e. The first-order valence-corrected chi connectivity index (χ1v) is 7.54. The van der Waals surface area contributed by atoms with Gasteiger partial charge in [-0.05, 0) is 37.8 Å². The summed E-state index contributed by atoms with van der Waals surface area (Å²) in [5.41, 5.74) is 0. The Balaban J connectivity index is 1.80. The smallest absolute Gasteiger partial charge is 0.345 e.